The average Bonchev–Trinajstić information content (AvgIpc) is 2.54. The fraction of sp³-hybridized carbons (Fsp3) is 0.667. The molecule has 0 bridgehead atoms. The van der Waals surface area contributed by atoms with Crippen LogP contribution in [-0.4, -0.2) is 34.3 Å². The van der Waals surface area contributed by atoms with Crippen LogP contribution in [-0.2, 0) is 7.05 Å². The van der Waals surface area contributed by atoms with Gasteiger partial charge in [-0.05, 0) is 0 Å². The minimum atomic E-state index is -5.65. The Morgan fingerprint density at radius 1 is 1.21 bits per heavy atom. The molecule has 1 atom stereocenters. The molecular weight excluding hydrogens is 282 g/mol. The molecule has 10 heteroatoms. The Balaban J connectivity index is 3.28. The molecule has 0 radical (unpaired) electrons. The standard InChI is InChI=1S/C9H10F6N2O2/c1-17-5(4(19-2)3-16-17)6(18)7(8(10,11)12)9(13,14)15/h3,6-7,18H,1-2H3. The number of aliphatic hydroxyl groups excluding tert-OH is 1. The van der Waals surface area contributed by atoms with Crippen LogP contribution in [0.3, 0.4) is 0 Å². The molecular formula is C9H10F6N2O2. The van der Waals surface area contributed by atoms with Crippen molar-refractivity contribution >= 4 is 0 Å². The van der Waals surface area contributed by atoms with E-state index in [4.69, 9.17) is 0 Å². The van der Waals surface area contributed by atoms with Crippen molar-refractivity contribution in [2.24, 2.45) is 13.0 Å². The van der Waals surface area contributed by atoms with Gasteiger partial charge in [0.2, 0.25) is 0 Å². The zero-order valence-electron chi connectivity index (χ0n) is 9.75. The van der Waals surface area contributed by atoms with E-state index >= 15 is 0 Å². The van der Waals surface area contributed by atoms with Crippen molar-refractivity contribution in [2.75, 3.05) is 7.11 Å². The molecule has 0 spiro atoms. The lowest BCUT2D eigenvalue weighted by Gasteiger charge is -2.27. The minimum Gasteiger partial charge on any atom is -0.493 e. The van der Waals surface area contributed by atoms with Gasteiger partial charge in [0, 0.05) is 7.05 Å². The summed E-state index contributed by atoms with van der Waals surface area (Å²) >= 11 is 0. The van der Waals surface area contributed by atoms with Crippen molar-refractivity contribution < 1.29 is 36.2 Å². The Kier molecular flexibility index (Phi) is 4.03. The molecule has 1 heterocycles. The summed E-state index contributed by atoms with van der Waals surface area (Å²) in [5, 5.41) is 12.9. The molecule has 1 rings (SSSR count). The summed E-state index contributed by atoms with van der Waals surface area (Å²) in [7, 11) is 2.15. The highest BCUT2D eigenvalue weighted by molar-refractivity contribution is 5.28. The summed E-state index contributed by atoms with van der Waals surface area (Å²) in [4.78, 5) is 0. The normalized spacial score (nSPS) is 14.8. The van der Waals surface area contributed by atoms with Crippen LogP contribution in [0.5, 0.6) is 5.75 Å². The van der Waals surface area contributed by atoms with Crippen molar-refractivity contribution in [3.8, 4) is 5.75 Å². The van der Waals surface area contributed by atoms with Crippen LogP contribution in [0, 0.1) is 5.92 Å². The first-order chi connectivity index (χ1) is 8.50. The highest BCUT2D eigenvalue weighted by Crippen LogP contribution is 2.47. The lowest BCUT2D eigenvalue weighted by Crippen LogP contribution is -2.41. The van der Waals surface area contributed by atoms with Gasteiger partial charge in [0.1, 0.15) is 11.8 Å². The zero-order valence-corrected chi connectivity index (χ0v) is 9.75. The van der Waals surface area contributed by atoms with E-state index < -0.39 is 30.1 Å². The van der Waals surface area contributed by atoms with Crippen molar-refractivity contribution in [3.63, 3.8) is 0 Å². The smallest absolute Gasteiger partial charge is 0.403 e. The van der Waals surface area contributed by atoms with Gasteiger partial charge in [-0.25, -0.2) is 0 Å². The number of rotatable bonds is 3. The first-order valence-electron chi connectivity index (χ1n) is 4.87. The van der Waals surface area contributed by atoms with Gasteiger partial charge in [-0.2, -0.15) is 31.4 Å². The van der Waals surface area contributed by atoms with Gasteiger partial charge in [0.05, 0.1) is 13.3 Å². The Bertz CT molecular complexity index is 425. The molecule has 1 aromatic rings. The third-order valence-corrected chi connectivity index (χ3v) is 2.47. The molecule has 110 valence electrons. The van der Waals surface area contributed by atoms with Crippen LogP contribution in [0.25, 0.3) is 0 Å². The summed E-state index contributed by atoms with van der Waals surface area (Å²) in [5.74, 6) is -4.27. The predicted molar refractivity (Wildman–Crippen MR) is 50.3 cm³/mol. The molecule has 0 fully saturated rings. The molecule has 0 saturated carbocycles. The van der Waals surface area contributed by atoms with E-state index in [1.54, 1.807) is 0 Å². The number of hydrogen-bond acceptors (Lipinski definition) is 3. The van der Waals surface area contributed by atoms with Gasteiger partial charge in [-0.3, -0.25) is 4.68 Å². The third-order valence-electron chi connectivity index (χ3n) is 2.47. The lowest BCUT2D eigenvalue weighted by atomic mass is 9.98. The van der Waals surface area contributed by atoms with Gasteiger partial charge < -0.3 is 9.84 Å². The monoisotopic (exact) mass is 292 g/mol. The topological polar surface area (TPSA) is 47.3 Å². The number of ether oxygens (including phenoxy) is 1. The molecule has 19 heavy (non-hydrogen) atoms. The number of aryl methyl sites for hydroxylation is 1. The molecule has 1 N–H and O–H groups in total. The molecule has 1 unspecified atom stereocenters. The van der Waals surface area contributed by atoms with Crippen molar-refractivity contribution in [3.05, 3.63) is 11.9 Å². The highest BCUT2D eigenvalue weighted by Gasteiger charge is 2.61. The quantitative estimate of drug-likeness (QED) is 0.869. The fourth-order valence-electron chi connectivity index (χ4n) is 1.62. The first kappa shape index (κ1) is 15.6. The van der Waals surface area contributed by atoms with Gasteiger partial charge in [-0.1, -0.05) is 0 Å². The van der Waals surface area contributed by atoms with Crippen molar-refractivity contribution in [1.29, 1.82) is 0 Å². The second-order valence-electron chi connectivity index (χ2n) is 3.73. The van der Waals surface area contributed by atoms with E-state index in [1.165, 1.54) is 0 Å². The van der Waals surface area contributed by atoms with E-state index in [2.05, 4.69) is 9.84 Å². The maximum Gasteiger partial charge on any atom is 0.403 e. The van der Waals surface area contributed by atoms with Crippen LogP contribution in [0.2, 0.25) is 0 Å². The summed E-state index contributed by atoms with van der Waals surface area (Å²) in [6.45, 7) is 0. The second-order valence-corrected chi connectivity index (χ2v) is 3.73. The molecule has 0 aliphatic rings. The number of methoxy groups -OCH3 is 1. The van der Waals surface area contributed by atoms with Gasteiger partial charge in [0.25, 0.3) is 0 Å². The first-order valence-corrected chi connectivity index (χ1v) is 4.87. The number of nitrogens with zero attached hydrogens (tertiary/aromatic N) is 2. The Hall–Kier alpha value is -1.45. The molecule has 0 aromatic carbocycles. The van der Waals surface area contributed by atoms with E-state index in [0.29, 0.717) is 4.68 Å². The fourth-order valence-corrected chi connectivity index (χ4v) is 1.62. The third kappa shape index (κ3) is 3.11. The molecule has 0 aliphatic heterocycles. The number of hydrogen-bond donors (Lipinski definition) is 1. The maximum atomic E-state index is 12.5. The Morgan fingerprint density at radius 3 is 2.05 bits per heavy atom. The van der Waals surface area contributed by atoms with Crippen LogP contribution in [0.4, 0.5) is 26.3 Å². The van der Waals surface area contributed by atoms with E-state index in [0.717, 1.165) is 20.4 Å². The van der Waals surface area contributed by atoms with Crippen LogP contribution in [0.15, 0.2) is 6.20 Å². The number of aliphatic hydroxyl groups is 1. The van der Waals surface area contributed by atoms with Gasteiger partial charge >= 0.3 is 12.4 Å². The number of halogens is 6. The van der Waals surface area contributed by atoms with E-state index in [1.807, 2.05) is 0 Å². The van der Waals surface area contributed by atoms with E-state index in [-0.39, 0.29) is 5.75 Å². The van der Waals surface area contributed by atoms with E-state index in [9.17, 15) is 31.4 Å². The van der Waals surface area contributed by atoms with Gasteiger partial charge in [0.15, 0.2) is 11.7 Å². The average molecular weight is 292 g/mol. The molecule has 4 nitrogen and oxygen atoms in total. The molecule has 1 aromatic heterocycles. The largest absolute Gasteiger partial charge is 0.493 e. The van der Waals surface area contributed by atoms with Crippen molar-refractivity contribution in [1.82, 2.24) is 9.78 Å². The van der Waals surface area contributed by atoms with Crippen LogP contribution < -0.4 is 4.74 Å². The Labute approximate surface area is 103 Å². The summed E-state index contributed by atoms with van der Waals surface area (Å²) in [5.41, 5.74) is -0.692. The maximum absolute atomic E-state index is 12.5. The SMILES string of the molecule is COc1cnn(C)c1C(O)C(C(F)(F)F)C(F)(F)F. The number of alkyl halides is 6. The summed E-state index contributed by atoms with van der Waals surface area (Å²) in [6.07, 6.45) is -13.2. The highest BCUT2D eigenvalue weighted by atomic mass is 19.4. The van der Waals surface area contributed by atoms with Gasteiger partial charge in [-0.15, -0.1) is 0 Å². The second kappa shape index (κ2) is 4.91. The summed E-state index contributed by atoms with van der Waals surface area (Å²) < 4.78 is 80.1. The van der Waals surface area contributed by atoms with Crippen LogP contribution in [0.1, 0.15) is 11.8 Å². The summed E-state index contributed by atoms with van der Waals surface area (Å²) in [6, 6.07) is 0. The lowest BCUT2D eigenvalue weighted by molar-refractivity contribution is -0.308. The zero-order chi connectivity index (χ0) is 15.0. The Morgan fingerprint density at radius 2 is 1.68 bits per heavy atom. The van der Waals surface area contributed by atoms with Crippen molar-refractivity contribution in [2.45, 2.75) is 18.5 Å². The van der Waals surface area contributed by atoms with Crippen LogP contribution >= 0.6 is 0 Å². The molecule has 0 amide bonds. The number of aromatic nitrogens is 2. The molecule has 0 saturated heterocycles. The predicted octanol–water partition coefficient (Wildman–Crippen LogP) is 2.20. The minimum absolute atomic E-state index is 0.353. The molecule has 0 aliphatic carbocycles.